The van der Waals surface area contributed by atoms with E-state index in [0.717, 1.165) is 5.56 Å². The third-order valence-corrected chi connectivity index (χ3v) is 2.56. The van der Waals surface area contributed by atoms with E-state index >= 15 is 0 Å². The minimum absolute atomic E-state index is 0.0777. The Morgan fingerprint density at radius 1 is 1.11 bits per heavy atom. The normalized spacial score (nSPS) is 10.2. The molecule has 4 nitrogen and oxygen atoms in total. The molecule has 0 spiro atoms. The maximum Gasteiger partial charge on any atom is 0.375 e. The molecule has 1 aromatic heterocycles. The quantitative estimate of drug-likeness (QED) is 0.611. The van der Waals surface area contributed by atoms with Gasteiger partial charge in [-0.3, -0.25) is 4.79 Å². The van der Waals surface area contributed by atoms with Gasteiger partial charge in [-0.05, 0) is 19.1 Å². The van der Waals surface area contributed by atoms with Gasteiger partial charge in [-0.15, -0.1) is 0 Å². The first-order valence-electron chi connectivity index (χ1n) is 6.04. The standard InChI is InChI=1S/C15H14O4/c1-2-18-15(17)13(16)10-12-8-9-14(19-12)11-6-4-3-5-7-11/h3-9H,2,10H2,1H3. The fourth-order valence-electron chi connectivity index (χ4n) is 1.67. The van der Waals surface area contributed by atoms with Gasteiger partial charge in [0.2, 0.25) is 5.78 Å². The largest absolute Gasteiger partial charge is 0.461 e. The summed E-state index contributed by atoms with van der Waals surface area (Å²) in [7, 11) is 0. The maximum atomic E-state index is 11.5. The molecule has 0 unspecified atom stereocenters. The molecule has 0 radical (unpaired) electrons. The molecule has 19 heavy (non-hydrogen) atoms. The van der Waals surface area contributed by atoms with Crippen molar-refractivity contribution in [3.05, 3.63) is 48.2 Å². The number of ketones is 1. The van der Waals surface area contributed by atoms with Crippen molar-refractivity contribution in [2.24, 2.45) is 0 Å². The predicted molar refractivity (Wildman–Crippen MR) is 69.5 cm³/mol. The van der Waals surface area contributed by atoms with Crippen LogP contribution in [0.15, 0.2) is 46.9 Å². The van der Waals surface area contributed by atoms with E-state index < -0.39 is 11.8 Å². The zero-order valence-corrected chi connectivity index (χ0v) is 10.6. The van der Waals surface area contributed by atoms with E-state index in [1.54, 1.807) is 19.1 Å². The fourth-order valence-corrected chi connectivity index (χ4v) is 1.67. The average Bonchev–Trinajstić information content (AvgIpc) is 2.88. The molecule has 0 amide bonds. The molecule has 0 aliphatic rings. The molecule has 0 atom stereocenters. The van der Waals surface area contributed by atoms with Crippen molar-refractivity contribution in [2.75, 3.05) is 6.61 Å². The van der Waals surface area contributed by atoms with Crippen LogP contribution < -0.4 is 0 Å². The summed E-state index contributed by atoms with van der Waals surface area (Å²) in [6, 6.07) is 13.0. The third kappa shape index (κ3) is 3.31. The number of hydrogen-bond donors (Lipinski definition) is 0. The Kier molecular flexibility index (Phi) is 4.13. The summed E-state index contributed by atoms with van der Waals surface area (Å²) in [6.07, 6.45) is -0.0777. The second-order valence-electron chi connectivity index (χ2n) is 3.95. The number of carbonyl (C=O) groups excluding carboxylic acids is 2. The smallest absolute Gasteiger partial charge is 0.375 e. The highest BCUT2D eigenvalue weighted by Crippen LogP contribution is 2.22. The number of benzene rings is 1. The highest BCUT2D eigenvalue weighted by atomic mass is 16.5. The number of rotatable bonds is 5. The minimum Gasteiger partial charge on any atom is -0.461 e. The lowest BCUT2D eigenvalue weighted by atomic mass is 10.2. The van der Waals surface area contributed by atoms with Crippen LogP contribution >= 0.6 is 0 Å². The van der Waals surface area contributed by atoms with Crippen molar-refractivity contribution in [1.29, 1.82) is 0 Å². The molecule has 0 bridgehead atoms. The molecular formula is C15H14O4. The van der Waals surface area contributed by atoms with Gasteiger partial charge in [-0.25, -0.2) is 4.79 Å². The van der Waals surface area contributed by atoms with E-state index in [0.29, 0.717) is 11.5 Å². The van der Waals surface area contributed by atoms with Gasteiger partial charge in [0.15, 0.2) is 0 Å². The van der Waals surface area contributed by atoms with E-state index in [-0.39, 0.29) is 13.0 Å². The number of Topliss-reactive ketones (excluding diaryl/α,β-unsaturated/α-hetero) is 1. The highest BCUT2D eigenvalue weighted by molar-refractivity contribution is 6.34. The van der Waals surface area contributed by atoms with Gasteiger partial charge in [-0.2, -0.15) is 0 Å². The second-order valence-corrected chi connectivity index (χ2v) is 3.95. The predicted octanol–water partition coefficient (Wildman–Crippen LogP) is 2.62. The number of carbonyl (C=O) groups is 2. The molecule has 4 heteroatoms. The first-order chi connectivity index (χ1) is 9.20. The number of hydrogen-bond acceptors (Lipinski definition) is 4. The van der Waals surface area contributed by atoms with Crippen LogP contribution in [0.4, 0.5) is 0 Å². The lowest BCUT2D eigenvalue weighted by Crippen LogP contribution is -2.19. The molecule has 0 aliphatic heterocycles. The lowest BCUT2D eigenvalue weighted by Gasteiger charge is -1.99. The van der Waals surface area contributed by atoms with Gasteiger partial charge in [0.05, 0.1) is 13.0 Å². The summed E-state index contributed by atoms with van der Waals surface area (Å²) in [4.78, 5) is 22.7. The first kappa shape index (κ1) is 13.1. The molecule has 1 heterocycles. The van der Waals surface area contributed by atoms with Gasteiger partial charge < -0.3 is 9.15 Å². The highest BCUT2D eigenvalue weighted by Gasteiger charge is 2.17. The summed E-state index contributed by atoms with van der Waals surface area (Å²) >= 11 is 0. The molecule has 0 fully saturated rings. The fraction of sp³-hybridized carbons (Fsp3) is 0.200. The van der Waals surface area contributed by atoms with Crippen LogP contribution in [0.25, 0.3) is 11.3 Å². The van der Waals surface area contributed by atoms with E-state index in [1.807, 2.05) is 30.3 Å². The van der Waals surface area contributed by atoms with E-state index in [2.05, 4.69) is 4.74 Å². The maximum absolute atomic E-state index is 11.5. The van der Waals surface area contributed by atoms with Crippen molar-refractivity contribution in [3.8, 4) is 11.3 Å². The van der Waals surface area contributed by atoms with Crippen molar-refractivity contribution in [2.45, 2.75) is 13.3 Å². The molecule has 2 rings (SSSR count). The van der Waals surface area contributed by atoms with Crippen LogP contribution in [0.5, 0.6) is 0 Å². The van der Waals surface area contributed by atoms with Crippen LogP contribution in [-0.2, 0) is 20.7 Å². The van der Waals surface area contributed by atoms with Crippen molar-refractivity contribution >= 4 is 11.8 Å². The van der Waals surface area contributed by atoms with E-state index in [1.165, 1.54) is 0 Å². The Labute approximate surface area is 111 Å². The zero-order chi connectivity index (χ0) is 13.7. The topological polar surface area (TPSA) is 56.5 Å². The van der Waals surface area contributed by atoms with Crippen LogP contribution in [0.2, 0.25) is 0 Å². The monoisotopic (exact) mass is 258 g/mol. The molecular weight excluding hydrogens is 244 g/mol. The molecule has 0 saturated carbocycles. The van der Waals surface area contributed by atoms with Gasteiger partial charge in [-0.1, -0.05) is 30.3 Å². The van der Waals surface area contributed by atoms with Crippen LogP contribution in [0, 0.1) is 0 Å². The summed E-state index contributed by atoms with van der Waals surface area (Å²) in [5, 5.41) is 0. The summed E-state index contributed by atoms with van der Waals surface area (Å²) in [5.41, 5.74) is 0.928. The molecule has 98 valence electrons. The lowest BCUT2D eigenvalue weighted by molar-refractivity contribution is -0.153. The van der Waals surface area contributed by atoms with E-state index in [4.69, 9.17) is 4.42 Å². The van der Waals surface area contributed by atoms with E-state index in [9.17, 15) is 9.59 Å². The first-order valence-corrected chi connectivity index (χ1v) is 6.04. The average molecular weight is 258 g/mol. The Balaban J connectivity index is 2.06. The van der Waals surface area contributed by atoms with Gasteiger partial charge in [0.1, 0.15) is 11.5 Å². The summed E-state index contributed by atoms with van der Waals surface area (Å²) in [6.45, 7) is 1.85. The van der Waals surface area contributed by atoms with Crippen molar-refractivity contribution in [1.82, 2.24) is 0 Å². The van der Waals surface area contributed by atoms with Gasteiger partial charge in [0, 0.05) is 5.56 Å². The Bertz CT molecular complexity index is 569. The molecule has 2 aromatic rings. The Morgan fingerprint density at radius 2 is 1.84 bits per heavy atom. The number of ether oxygens (including phenoxy) is 1. The van der Waals surface area contributed by atoms with Crippen LogP contribution in [-0.4, -0.2) is 18.4 Å². The molecule has 0 aliphatic carbocycles. The zero-order valence-electron chi connectivity index (χ0n) is 10.6. The molecule has 0 saturated heterocycles. The Hall–Kier alpha value is -2.36. The number of esters is 1. The molecule has 0 N–H and O–H groups in total. The Morgan fingerprint density at radius 3 is 2.53 bits per heavy atom. The minimum atomic E-state index is -0.819. The summed E-state index contributed by atoms with van der Waals surface area (Å²) < 4.78 is 10.2. The van der Waals surface area contributed by atoms with Crippen LogP contribution in [0.1, 0.15) is 12.7 Å². The third-order valence-electron chi connectivity index (χ3n) is 2.56. The number of furan rings is 1. The van der Waals surface area contributed by atoms with Gasteiger partial charge in [0.25, 0.3) is 0 Å². The van der Waals surface area contributed by atoms with Crippen LogP contribution in [0.3, 0.4) is 0 Å². The summed E-state index contributed by atoms with van der Waals surface area (Å²) in [5.74, 6) is -0.292. The molecule has 1 aromatic carbocycles. The van der Waals surface area contributed by atoms with Crippen molar-refractivity contribution in [3.63, 3.8) is 0 Å². The second kappa shape index (κ2) is 6.00. The SMILES string of the molecule is CCOC(=O)C(=O)Cc1ccc(-c2ccccc2)o1. The van der Waals surface area contributed by atoms with Crippen molar-refractivity contribution < 1.29 is 18.7 Å². The van der Waals surface area contributed by atoms with Gasteiger partial charge >= 0.3 is 5.97 Å².